The van der Waals surface area contributed by atoms with Gasteiger partial charge in [-0.15, -0.1) is 0 Å². The van der Waals surface area contributed by atoms with Crippen LogP contribution < -0.4 is 9.64 Å². The molecule has 0 radical (unpaired) electrons. The minimum absolute atomic E-state index is 0.0199. The van der Waals surface area contributed by atoms with Crippen LogP contribution in [-0.2, 0) is 9.47 Å². The summed E-state index contributed by atoms with van der Waals surface area (Å²) in [7, 11) is 3.05. The molecule has 1 aromatic heterocycles. The van der Waals surface area contributed by atoms with E-state index in [-0.39, 0.29) is 12.0 Å². The fourth-order valence-corrected chi connectivity index (χ4v) is 2.16. The van der Waals surface area contributed by atoms with E-state index in [1.807, 2.05) is 4.90 Å². The number of anilines is 1. The van der Waals surface area contributed by atoms with Gasteiger partial charge in [-0.1, -0.05) is 0 Å². The van der Waals surface area contributed by atoms with Crippen molar-refractivity contribution in [3.63, 3.8) is 0 Å². The van der Waals surface area contributed by atoms with Gasteiger partial charge in [-0.25, -0.2) is 4.98 Å². The fourth-order valence-electron chi connectivity index (χ4n) is 2.16. The van der Waals surface area contributed by atoms with Gasteiger partial charge in [-0.05, 0) is 12.8 Å². The highest BCUT2D eigenvalue weighted by atomic mass is 19.1. The van der Waals surface area contributed by atoms with Gasteiger partial charge in [0.15, 0.2) is 0 Å². The minimum atomic E-state index is -0.547. The summed E-state index contributed by atoms with van der Waals surface area (Å²) in [6.45, 7) is 2.79. The highest BCUT2D eigenvalue weighted by Crippen LogP contribution is 2.21. The second kappa shape index (κ2) is 7.35. The molecule has 0 aliphatic carbocycles. The van der Waals surface area contributed by atoms with Crippen molar-refractivity contribution in [2.45, 2.75) is 18.9 Å². The third-order valence-corrected chi connectivity index (χ3v) is 3.26. The molecule has 1 aromatic rings. The Balaban J connectivity index is 1.87. The molecule has 2 heterocycles. The van der Waals surface area contributed by atoms with E-state index in [1.165, 1.54) is 7.11 Å². The predicted octanol–water partition coefficient (Wildman–Crippen LogP) is 1.26. The Kier molecular flexibility index (Phi) is 5.49. The van der Waals surface area contributed by atoms with Gasteiger partial charge >= 0.3 is 0 Å². The van der Waals surface area contributed by atoms with E-state index in [4.69, 9.17) is 14.2 Å². The monoisotopic (exact) mass is 285 g/mol. The summed E-state index contributed by atoms with van der Waals surface area (Å²) in [6, 6.07) is 0. The maximum Gasteiger partial charge on any atom is 0.255 e. The molecule has 7 heteroatoms. The van der Waals surface area contributed by atoms with Gasteiger partial charge < -0.3 is 19.1 Å². The third kappa shape index (κ3) is 3.77. The lowest BCUT2D eigenvalue weighted by atomic mass is 10.1. The van der Waals surface area contributed by atoms with Crippen LogP contribution in [0.5, 0.6) is 5.88 Å². The fraction of sp³-hybridized carbons (Fsp3) is 0.692. The van der Waals surface area contributed by atoms with Crippen molar-refractivity contribution in [3.8, 4) is 5.88 Å². The molecular weight excluding hydrogens is 265 g/mol. The van der Waals surface area contributed by atoms with Crippen LogP contribution in [0.1, 0.15) is 12.8 Å². The summed E-state index contributed by atoms with van der Waals surface area (Å²) in [5, 5.41) is 0. The summed E-state index contributed by atoms with van der Waals surface area (Å²) < 4.78 is 28.8. The molecule has 1 saturated heterocycles. The Bertz CT molecular complexity index is 425. The summed E-state index contributed by atoms with van der Waals surface area (Å²) in [6.07, 6.45) is 3.17. The first-order chi connectivity index (χ1) is 9.74. The molecule has 6 nitrogen and oxygen atoms in total. The maximum absolute atomic E-state index is 13.3. The number of aromatic nitrogens is 2. The predicted molar refractivity (Wildman–Crippen MR) is 71.6 cm³/mol. The molecule has 0 N–H and O–H groups in total. The number of ether oxygens (including phenoxy) is 3. The molecule has 0 unspecified atom stereocenters. The van der Waals surface area contributed by atoms with Crippen LogP contribution in [0.2, 0.25) is 0 Å². The van der Waals surface area contributed by atoms with E-state index in [1.54, 1.807) is 7.11 Å². The topological polar surface area (TPSA) is 56.7 Å². The smallest absolute Gasteiger partial charge is 0.255 e. The Morgan fingerprint density at radius 2 is 2.05 bits per heavy atom. The van der Waals surface area contributed by atoms with E-state index in [2.05, 4.69) is 9.97 Å². The molecule has 0 spiro atoms. The highest BCUT2D eigenvalue weighted by Gasteiger charge is 2.22. The van der Waals surface area contributed by atoms with Crippen molar-refractivity contribution in [3.05, 3.63) is 12.0 Å². The Morgan fingerprint density at radius 3 is 2.70 bits per heavy atom. The van der Waals surface area contributed by atoms with Crippen molar-refractivity contribution in [2.24, 2.45) is 0 Å². The van der Waals surface area contributed by atoms with Crippen molar-refractivity contribution >= 4 is 5.95 Å². The normalized spacial score (nSPS) is 16.4. The standard InChI is InChI=1S/C13H20FN3O3/c1-18-7-8-20-10-3-5-17(6-4-10)13-15-9-11(14)12(16-13)19-2/h9-10H,3-8H2,1-2H3. The summed E-state index contributed by atoms with van der Waals surface area (Å²) in [5.74, 6) is -0.0684. The van der Waals surface area contributed by atoms with E-state index in [0.717, 1.165) is 32.1 Å². The van der Waals surface area contributed by atoms with Crippen LogP contribution in [0.15, 0.2) is 6.20 Å². The lowest BCUT2D eigenvalue weighted by Gasteiger charge is -2.31. The highest BCUT2D eigenvalue weighted by molar-refractivity contribution is 5.33. The zero-order valence-corrected chi connectivity index (χ0v) is 11.8. The van der Waals surface area contributed by atoms with E-state index in [9.17, 15) is 4.39 Å². The van der Waals surface area contributed by atoms with Gasteiger partial charge in [0.25, 0.3) is 5.88 Å². The zero-order valence-electron chi connectivity index (χ0n) is 11.8. The van der Waals surface area contributed by atoms with Gasteiger partial charge in [-0.3, -0.25) is 0 Å². The summed E-state index contributed by atoms with van der Waals surface area (Å²) in [5.41, 5.74) is 0. The second-order valence-electron chi connectivity index (χ2n) is 4.58. The Hall–Kier alpha value is -1.47. The van der Waals surface area contributed by atoms with Crippen LogP contribution >= 0.6 is 0 Å². The van der Waals surface area contributed by atoms with Crippen LogP contribution in [0.25, 0.3) is 0 Å². The number of nitrogens with zero attached hydrogens (tertiary/aromatic N) is 3. The number of methoxy groups -OCH3 is 2. The molecule has 1 fully saturated rings. The maximum atomic E-state index is 13.3. The lowest BCUT2D eigenvalue weighted by molar-refractivity contribution is 0.00597. The van der Waals surface area contributed by atoms with Gasteiger partial charge in [0.05, 0.1) is 32.6 Å². The molecule has 20 heavy (non-hydrogen) atoms. The van der Waals surface area contributed by atoms with Gasteiger partial charge in [0.2, 0.25) is 11.8 Å². The molecule has 2 rings (SSSR count). The molecule has 0 amide bonds. The van der Waals surface area contributed by atoms with Crippen LogP contribution in [0, 0.1) is 5.82 Å². The van der Waals surface area contributed by atoms with E-state index >= 15 is 0 Å². The van der Waals surface area contributed by atoms with Crippen LogP contribution in [-0.4, -0.2) is 56.6 Å². The first-order valence-corrected chi connectivity index (χ1v) is 6.66. The second-order valence-corrected chi connectivity index (χ2v) is 4.58. The van der Waals surface area contributed by atoms with Gasteiger partial charge in [0, 0.05) is 20.2 Å². The molecular formula is C13H20FN3O3. The van der Waals surface area contributed by atoms with E-state index in [0.29, 0.717) is 19.2 Å². The molecule has 0 aromatic carbocycles. The quantitative estimate of drug-likeness (QED) is 0.733. The Labute approximate surface area is 117 Å². The molecule has 1 aliphatic rings. The average molecular weight is 285 g/mol. The number of piperidine rings is 1. The molecule has 0 saturated carbocycles. The van der Waals surface area contributed by atoms with Gasteiger partial charge in [-0.2, -0.15) is 9.37 Å². The zero-order chi connectivity index (χ0) is 14.4. The van der Waals surface area contributed by atoms with Crippen LogP contribution in [0.4, 0.5) is 10.3 Å². The largest absolute Gasteiger partial charge is 0.479 e. The molecule has 112 valence electrons. The van der Waals surface area contributed by atoms with Crippen molar-refractivity contribution in [1.82, 2.24) is 9.97 Å². The molecule has 0 bridgehead atoms. The van der Waals surface area contributed by atoms with Crippen molar-refractivity contribution in [2.75, 3.05) is 45.4 Å². The number of hydrogen-bond donors (Lipinski definition) is 0. The SMILES string of the molecule is COCCOC1CCN(c2ncc(F)c(OC)n2)CC1. The first-order valence-electron chi connectivity index (χ1n) is 6.66. The molecule has 0 atom stereocenters. The average Bonchev–Trinajstić information content (AvgIpc) is 2.49. The third-order valence-electron chi connectivity index (χ3n) is 3.26. The summed E-state index contributed by atoms with van der Waals surface area (Å²) >= 11 is 0. The van der Waals surface area contributed by atoms with Crippen molar-refractivity contribution in [1.29, 1.82) is 0 Å². The summed E-state index contributed by atoms with van der Waals surface area (Å²) in [4.78, 5) is 10.1. The first kappa shape index (κ1) is 14.9. The molecule has 1 aliphatic heterocycles. The van der Waals surface area contributed by atoms with Gasteiger partial charge in [0.1, 0.15) is 0 Å². The van der Waals surface area contributed by atoms with E-state index < -0.39 is 5.82 Å². The lowest BCUT2D eigenvalue weighted by Crippen LogP contribution is -2.38. The number of rotatable bonds is 6. The number of hydrogen-bond acceptors (Lipinski definition) is 6. The van der Waals surface area contributed by atoms with Crippen LogP contribution in [0.3, 0.4) is 0 Å². The van der Waals surface area contributed by atoms with Crippen molar-refractivity contribution < 1.29 is 18.6 Å². The number of halogens is 1. The Morgan fingerprint density at radius 1 is 1.30 bits per heavy atom. The minimum Gasteiger partial charge on any atom is -0.479 e.